The van der Waals surface area contributed by atoms with E-state index in [2.05, 4.69) is 25.1 Å². The van der Waals surface area contributed by atoms with Crippen molar-refractivity contribution < 1.29 is 5.11 Å². The van der Waals surface area contributed by atoms with Crippen molar-refractivity contribution in [2.45, 2.75) is 13.8 Å². The lowest BCUT2D eigenvalue weighted by Crippen LogP contribution is -1.84. The number of aromatic hydroxyl groups is 1. The van der Waals surface area contributed by atoms with Crippen LogP contribution in [0.15, 0.2) is 42.5 Å². The summed E-state index contributed by atoms with van der Waals surface area (Å²) in [5.41, 5.74) is 4.42. The van der Waals surface area contributed by atoms with E-state index < -0.39 is 0 Å². The fraction of sp³-hybridized carbons (Fsp3) is 0.143. The maximum Gasteiger partial charge on any atom is 0.119 e. The number of hydrogen-bond donors (Lipinski definition) is 1. The predicted octanol–water partition coefficient (Wildman–Crippen LogP) is 3.68. The normalized spacial score (nSPS) is 10.3. The van der Waals surface area contributed by atoms with Crippen molar-refractivity contribution in [1.29, 1.82) is 0 Å². The van der Waals surface area contributed by atoms with E-state index in [-0.39, 0.29) is 0 Å². The SMILES string of the molecule is Cc1cccc(-c2cccc(O)c2C)c1. The summed E-state index contributed by atoms with van der Waals surface area (Å²) in [6, 6.07) is 13.9. The third-order valence-corrected chi connectivity index (χ3v) is 2.63. The van der Waals surface area contributed by atoms with Crippen LogP contribution >= 0.6 is 0 Å². The molecule has 1 heteroatoms. The number of aryl methyl sites for hydroxylation is 1. The monoisotopic (exact) mass is 198 g/mol. The minimum Gasteiger partial charge on any atom is -0.508 e. The summed E-state index contributed by atoms with van der Waals surface area (Å²) >= 11 is 0. The first-order valence-corrected chi connectivity index (χ1v) is 5.04. The first kappa shape index (κ1) is 9.78. The third kappa shape index (κ3) is 1.86. The molecular formula is C14H14O. The lowest BCUT2D eigenvalue weighted by molar-refractivity contribution is 0.471. The van der Waals surface area contributed by atoms with Crippen molar-refractivity contribution in [3.8, 4) is 16.9 Å². The molecule has 2 aromatic carbocycles. The van der Waals surface area contributed by atoms with Gasteiger partial charge in [0.25, 0.3) is 0 Å². The second kappa shape index (κ2) is 3.77. The van der Waals surface area contributed by atoms with Crippen molar-refractivity contribution >= 4 is 0 Å². The highest BCUT2D eigenvalue weighted by atomic mass is 16.3. The minimum absolute atomic E-state index is 0.356. The molecule has 0 aliphatic carbocycles. The van der Waals surface area contributed by atoms with Crippen LogP contribution in [0.2, 0.25) is 0 Å². The van der Waals surface area contributed by atoms with Gasteiger partial charge in [-0.25, -0.2) is 0 Å². The Hall–Kier alpha value is -1.76. The Balaban J connectivity index is 2.59. The maximum absolute atomic E-state index is 9.63. The van der Waals surface area contributed by atoms with Gasteiger partial charge in [0.15, 0.2) is 0 Å². The molecule has 0 bridgehead atoms. The van der Waals surface area contributed by atoms with E-state index >= 15 is 0 Å². The molecule has 0 saturated carbocycles. The Morgan fingerprint density at radius 2 is 1.67 bits per heavy atom. The Labute approximate surface area is 90.0 Å². The molecule has 0 atom stereocenters. The maximum atomic E-state index is 9.63. The van der Waals surface area contributed by atoms with Crippen LogP contribution < -0.4 is 0 Å². The lowest BCUT2D eigenvalue weighted by atomic mass is 9.99. The van der Waals surface area contributed by atoms with E-state index in [9.17, 15) is 5.11 Å². The molecule has 0 heterocycles. The van der Waals surface area contributed by atoms with Crippen molar-refractivity contribution in [3.05, 3.63) is 53.6 Å². The summed E-state index contributed by atoms with van der Waals surface area (Å²) in [5, 5.41) is 9.63. The van der Waals surface area contributed by atoms with Gasteiger partial charge in [-0.3, -0.25) is 0 Å². The second-order valence-electron chi connectivity index (χ2n) is 3.82. The van der Waals surface area contributed by atoms with Gasteiger partial charge in [0, 0.05) is 0 Å². The smallest absolute Gasteiger partial charge is 0.119 e. The van der Waals surface area contributed by atoms with E-state index in [1.165, 1.54) is 5.56 Å². The molecule has 0 aliphatic rings. The summed E-state index contributed by atoms with van der Waals surface area (Å²) in [5.74, 6) is 0.356. The molecule has 76 valence electrons. The van der Waals surface area contributed by atoms with Crippen LogP contribution in [0.5, 0.6) is 5.75 Å². The van der Waals surface area contributed by atoms with Gasteiger partial charge in [-0.15, -0.1) is 0 Å². The van der Waals surface area contributed by atoms with Gasteiger partial charge in [-0.05, 0) is 36.6 Å². The molecule has 2 aromatic rings. The van der Waals surface area contributed by atoms with Crippen LogP contribution in [-0.2, 0) is 0 Å². The molecule has 0 saturated heterocycles. The zero-order chi connectivity index (χ0) is 10.8. The van der Waals surface area contributed by atoms with Gasteiger partial charge >= 0.3 is 0 Å². The second-order valence-corrected chi connectivity index (χ2v) is 3.82. The lowest BCUT2D eigenvalue weighted by Gasteiger charge is -2.08. The van der Waals surface area contributed by atoms with Gasteiger partial charge in [-0.2, -0.15) is 0 Å². The fourth-order valence-corrected chi connectivity index (χ4v) is 1.75. The Morgan fingerprint density at radius 3 is 2.40 bits per heavy atom. The van der Waals surface area contributed by atoms with Gasteiger partial charge in [0.2, 0.25) is 0 Å². The number of phenols is 1. The van der Waals surface area contributed by atoms with Gasteiger partial charge in [0.05, 0.1) is 0 Å². The van der Waals surface area contributed by atoms with Crippen molar-refractivity contribution in [3.63, 3.8) is 0 Å². The van der Waals surface area contributed by atoms with E-state index in [0.717, 1.165) is 16.7 Å². The first-order valence-electron chi connectivity index (χ1n) is 5.04. The van der Waals surface area contributed by atoms with Crippen LogP contribution in [0.3, 0.4) is 0 Å². The Bertz CT molecular complexity index is 486. The average molecular weight is 198 g/mol. The highest BCUT2D eigenvalue weighted by Crippen LogP contribution is 2.29. The summed E-state index contributed by atoms with van der Waals surface area (Å²) in [4.78, 5) is 0. The van der Waals surface area contributed by atoms with Crippen molar-refractivity contribution in [1.82, 2.24) is 0 Å². The van der Waals surface area contributed by atoms with Crippen LogP contribution in [0.4, 0.5) is 0 Å². The number of rotatable bonds is 1. The minimum atomic E-state index is 0.356. The zero-order valence-electron chi connectivity index (χ0n) is 8.99. The van der Waals surface area contributed by atoms with E-state index in [4.69, 9.17) is 0 Å². The third-order valence-electron chi connectivity index (χ3n) is 2.63. The summed E-state index contributed by atoms with van der Waals surface area (Å²) in [7, 11) is 0. The average Bonchev–Trinajstić information content (AvgIpc) is 2.22. The molecule has 1 nitrogen and oxygen atoms in total. The highest BCUT2D eigenvalue weighted by molar-refractivity contribution is 5.70. The number of benzene rings is 2. The van der Waals surface area contributed by atoms with Gasteiger partial charge < -0.3 is 5.11 Å². The van der Waals surface area contributed by atoms with E-state index in [1.54, 1.807) is 6.07 Å². The number of hydrogen-bond acceptors (Lipinski definition) is 1. The van der Waals surface area contributed by atoms with Crippen LogP contribution in [-0.4, -0.2) is 5.11 Å². The van der Waals surface area contributed by atoms with Crippen molar-refractivity contribution in [2.24, 2.45) is 0 Å². The first-order chi connectivity index (χ1) is 7.18. The Morgan fingerprint density at radius 1 is 0.933 bits per heavy atom. The van der Waals surface area contributed by atoms with Gasteiger partial charge in [0.1, 0.15) is 5.75 Å². The molecule has 0 fully saturated rings. The van der Waals surface area contributed by atoms with Crippen molar-refractivity contribution in [2.75, 3.05) is 0 Å². The van der Waals surface area contributed by atoms with E-state index in [0.29, 0.717) is 5.75 Å². The molecule has 0 unspecified atom stereocenters. The van der Waals surface area contributed by atoms with E-state index in [1.807, 2.05) is 25.1 Å². The molecule has 1 N–H and O–H groups in total. The molecular weight excluding hydrogens is 184 g/mol. The van der Waals surface area contributed by atoms with Gasteiger partial charge in [-0.1, -0.05) is 42.0 Å². The van der Waals surface area contributed by atoms with Crippen LogP contribution in [0.25, 0.3) is 11.1 Å². The molecule has 15 heavy (non-hydrogen) atoms. The molecule has 0 amide bonds. The molecule has 0 aliphatic heterocycles. The summed E-state index contributed by atoms with van der Waals surface area (Å²) in [6.45, 7) is 4.01. The highest BCUT2D eigenvalue weighted by Gasteiger charge is 2.04. The van der Waals surface area contributed by atoms with Crippen LogP contribution in [0.1, 0.15) is 11.1 Å². The quantitative estimate of drug-likeness (QED) is 0.741. The summed E-state index contributed by atoms with van der Waals surface area (Å²) < 4.78 is 0. The molecule has 0 aromatic heterocycles. The van der Waals surface area contributed by atoms with Crippen LogP contribution in [0, 0.1) is 13.8 Å². The fourth-order valence-electron chi connectivity index (χ4n) is 1.75. The predicted molar refractivity (Wildman–Crippen MR) is 63.0 cm³/mol. The standard InChI is InChI=1S/C14H14O/c1-10-5-3-6-12(9-10)13-7-4-8-14(15)11(13)2/h3-9,15H,1-2H3. The largest absolute Gasteiger partial charge is 0.508 e. The molecule has 0 radical (unpaired) electrons. The molecule has 2 rings (SSSR count). The number of phenolic OH excluding ortho intramolecular Hbond substituents is 1. The molecule has 0 spiro atoms. The summed E-state index contributed by atoms with van der Waals surface area (Å²) in [6.07, 6.45) is 0. The zero-order valence-corrected chi connectivity index (χ0v) is 8.99. The topological polar surface area (TPSA) is 20.2 Å². The Kier molecular flexibility index (Phi) is 2.46.